The van der Waals surface area contributed by atoms with Crippen LogP contribution in [0.2, 0.25) is 20.1 Å². The fourth-order valence-electron chi connectivity index (χ4n) is 2.75. The Balaban J connectivity index is 1.36. The van der Waals surface area contributed by atoms with Crippen LogP contribution in [0.15, 0.2) is 71.1 Å². The van der Waals surface area contributed by atoms with Gasteiger partial charge >= 0.3 is 5.97 Å². The fourth-order valence-corrected chi connectivity index (χ4v) is 4.40. The van der Waals surface area contributed by atoms with E-state index in [0.717, 1.165) is 16.8 Å². The number of halogens is 4. The molecule has 4 aromatic rings. The van der Waals surface area contributed by atoms with Gasteiger partial charge in [-0.05, 0) is 66.2 Å². The third kappa shape index (κ3) is 6.05. The summed E-state index contributed by atoms with van der Waals surface area (Å²) in [7, 11) is 0. The first-order valence-corrected chi connectivity index (χ1v) is 11.8. The summed E-state index contributed by atoms with van der Waals surface area (Å²) in [6.45, 7) is 0. The van der Waals surface area contributed by atoms with E-state index in [4.69, 9.17) is 51.1 Å². The molecule has 0 aliphatic rings. The minimum atomic E-state index is -0.569. The number of anilines is 1. The van der Waals surface area contributed by atoms with Gasteiger partial charge in [0.05, 0.1) is 27.5 Å². The molecule has 0 atom stereocenters. The van der Waals surface area contributed by atoms with Gasteiger partial charge in [0.2, 0.25) is 5.13 Å². The van der Waals surface area contributed by atoms with Crippen LogP contribution in [0.5, 0.6) is 5.75 Å². The van der Waals surface area contributed by atoms with Crippen molar-refractivity contribution in [1.82, 2.24) is 4.98 Å². The number of esters is 1. The maximum atomic E-state index is 12.3. The lowest BCUT2D eigenvalue weighted by atomic mass is 10.2. The number of thiazole rings is 1. The van der Waals surface area contributed by atoms with Crippen LogP contribution in [-0.4, -0.2) is 17.2 Å². The summed E-state index contributed by atoms with van der Waals surface area (Å²) < 4.78 is 5.36. The standard InChI is InChI=1S/C23H13Cl4N3O2S/c24-14-3-7-17(19(26)9-14)21-12-33-23(29-21)30-28-11-13-1-5-16(6-2-13)32-22(31)18-8-4-15(25)10-20(18)27/h1-12H,(H,29,30). The summed E-state index contributed by atoms with van der Waals surface area (Å²) in [4.78, 5) is 16.8. The number of nitrogens with zero attached hydrogens (tertiary/aromatic N) is 2. The summed E-state index contributed by atoms with van der Waals surface area (Å²) in [6.07, 6.45) is 1.62. The molecule has 4 rings (SSSR count). The smallest absolute Gasteiger partial charge is 0.345 e. The molecule has 5 nitrogen and oxygen atoms in total. The Labute approximate surface area is 213 Å². The van der Waals surface area contributed by atoms with Crippen LogP contribution in [0.4, 0.5) is 5.13 Å². The van der Waals surface area contributed by atoms with Gasteiger partial charge < -0.3 is 4.74 Å². The molecule has 0 fully saturated rings. The van der Waals surface area contributed by atoms with Crippen LogP contribution in [0.1, 0.15) is 15.9 Å². The molecule has 0 saturated carbocycles. The van der Waals surface area contributed by atoms with Crippen LogP contribution < -0.4 is 10.2 Å². The van der Waals surface area contributed by atoms with E-state index in [1.165, 1.54) is 23.5 Å². The first-order valence-electron chi connectivity index (χ1n) is 9.36. The second-order valence-electron chi connectivity index (χ2n) is 6.61. The van der Waals surface area contributed by atoms with E-state index in [-0.39, 0.29) is 10.6 Å². The molecule has 1 aromatic heterocycles. The van der Waals surface area contributed by atoms with Crippen LogP contribution in [0.3, 0.4) is 0 Å². The van der Waals surface area contributed by atoms with Gasteiger partial charge in [0.15, 0.2) is 0 Å². The molecule has 0 bridgehead atoms. The van der Waals surface area contributed by atoms with Crippen LogP contribution in [0, 0.1) is 0 Å². The summed E-state index contributed by atoms with van der Waals surface area (Å²) in [5.74, 6) is -0.194. The molecule has 0 aliphatic heterocycles. The van der Waals surface area contributed by atoms with E-state index in [1.54, 1.807) is 48.7 Å². The van der Waals surface area contributed by atoms with Gasteiger partial charge in [-0.1, -0.05) is 46.4 Å². The number of aromatic nitrogens is 1. The molecule has 0 amide bonds. The van der Waals surface area contributed by atoms with E-state index in [2.05, 4.69) is 15.5 Å². The molecule has 33 heavy (non-hydrogen) atoms. The van der Waals surface area contributed by atoms with Crippen molar-refractivity contribution in [2.75, 3.05) is 5.43 Å². The zero-order chi connectivity index (χ0) is 23.4. The Morgan fingerprint density at radius 3 is 2.33 bits per heavy atom. The minimum absolute atomic E-state index is 0.228. The Morgan fingerprint density at radius 1 is 0.939 bits per heavy atom. The molecular weight excluding hydrogens is 524 g/mol. The monoisotopic (exact) mass is 535 g/mol. The van der Waals surface area contributed by atoms with Crippen molar-refractivity contribution in [2.24, 2.45) is 5.10 Å². The second kappa shape index (κ2) is 10.5. The normalized spacial score (nSPS) is 11.0. The highest BCUT2D eigenvalue weighted by molar-refractivity contribution is 7.14. The summed E-state index contributed by atoms with van der Waals surface area (Å²) in [6, 6.07) is 16.7. The number of ether oxygens (including phenoxy) is 1. The van der Waals surface area contributed by atoms with E-state index in [9.17, 15) is 4.79 Å². The highest BCUT2D eigenvalue weighted by Crippen LogP contribution is 2.32. The Kier molecular flexibility index (Phi) is 7.53. The van der Waals surface area contributed by atoms with Gasteiger partial charge in [-0.2, -0.15) is 5.10 Å². The Hall–Kier alpha value is -2.61. The molecule has 1 heterocycles. The van der Waals surface area contributed by atoms with E-state index in [1.807, 2.05) is 11.4 Å². The van der Waals surface area contributed by atoms with Crippen molar-refractivity contribution in [1.29, 1.82) is 0 Å². The molecule has 166 valence electrons. The molecule has 0 radical (unpaired) electrons. The van der Waals surface area contributed by atoms with Crippen LogP contribution in [0.25, 0.3) is 11.3 Å². The number of carbonyl (C=O) groups excluding carboxylic acids is 1. The van der Waals surface area contributed by atoms with Gasteiger partial charge in [-0.25, -0.2) is 9.78 Å². The molecule has 1 N–H and O–H groups in total. The van der Waals surface area contributed by atoms with Crippen molar-refractivity contribution < 1.29 is 9.53 Å². The average Bonchev–Trinajstić information content (AvgIpc) is 3.23. The summed E-state index contributed by atoms with van der Waals surface area (Å²) in [5.41, 5.74) is 5.44. The topological polar surface area (TPSA) is 63.6 Å². The molecule has 0 unspecified atom stereocenters. The maximum Gasteiger partial charge on any atom is 0.345 e. The van der Waals surface area contributed by atoms with E-state index in [0.29, 0.717) is 25.9 Å². The quantitative estimate of drug-likeness (QED) is 0.117. The first kappa shape index (κ1) is 23.5. The molecule has 3 aromatic carbocycles. The zero-order valence-electron chi connectivity index (χ0n) is 16.6. The predicted molar refractivity (Wildman–Crippen MR) is 137 cm³/mol. The third-order valence-electron chi connectivity index (χ3n) is 4.33. The molecular formula is C23H13Cl4N3O2S. The lowest BCUT2D eigenvalue weighted by molar-refractivity contribution is 0.0735. The van der Waals surface area contributed by atoms with Gasteiger partial charge in [-0.15, -0.1) is 11.3 Å². The summed E-state index contributed by atoms with van der Waals surface area (Å²) >= 11 is 25.5. The van der Waals surface area contributed by atoms with Gasteiger partial charge in [0, 0.05) is 21.0 Å². The van der Waals surface area contributed by atoms with E-state index < -0.39 is 5.97 Å². The molecule has 0 spiro atoms. The number of rotatable bonds is 6. The van der Waals surface area contributed by atoms with Crippen LogP contribution in [-0.2, 0) is 0 Å². The maximum absolute atomic E-state index is 12.3. The van der Waals surface area contributed by atoms with Crippen molar-refractivity contribution in [3.63, 3.8) is 0 Å². The molecule has 0 aliphatic carbocycles. The number of hydrazone groups is 1. The van der Waals surface area contributed by atoms with Gasteiger partial charge in [-0.3, -0.25) is 5.43 Å². The van der Waals surface area contributed by atoms with Crippen molar-refractivity contribution in [3.8, 4) is 17.0 Å². The largest absolute Gasteiger partial charge is 0.423 e. The number of carbonyl (C=O) groups is 1. The number of nitrogens with one attached hydrogen (secondary N) is 1. The van der Waals surface area contributed by atoms with Crippen molar-refractivity contribution >= 4 is 75.1 Å². The van der Waals surface area contributed by atoms with Gasteiger partial charge in [0.25, 0.3) is 0 Å². The number of hydrogen-bond donors (Lipinski definition) is 1. The van der Waals surface area contributed by atoms with Gasteiger partial charge in [0.1, 0.15) is 5.75 Å². The minimum Gasteiger partial charge on any atom is -0.423 e. The lowest BCUT2D eigenvalue weighted by Crippen LogP contribution is -2.09. The van der Waals surface area contributed by atoms with Crippen molar-refractivity contribution in [3.05, 3.63) is 97.3 Å². The predicted octanol–water partition coefficient (Wildman–Crippen LogP) is 8.09. The highest BCUT2D eigenvalue weighted by Gasteiger charge is 2.13. The zero-order valence-corrected chi connectivity index (χ0v) is 20.4. The fraction of sp³-hybridized carbons (Fsp3) is 0. The number of benzene rings is 3. The third-order valence-corrected chi connectivity index (χ3v) is 6.17. The Morgan fingerprint density at radius 2 is 1.64 bits per heavy atom. The highest BCUT2D eigenvalue weighted by atomic mass is 35.5. The number of hydrogen-bond acceptors (Lipinski definition) is 6. The molecule has 10 heteroatoms. The first-order chi connectivity index (χ1) is 15.9. The van der Waals surface area contributed by atoms with Crippen LogP contribution >= 0.6 is 57.7 Å². The summed E-state index contributed by atoms with van der Waals surface area (Å²) in [5, 5.41) is 8.45. The Bertz CT molecular complexity index is 1340. The molecule has 0 saturated heterocycles. The lowest BCUT2D eigenvalue weighted by Gasteiger charge is -2.06. The SMILES string of the molecule is O=C(Oc1ccc(C=NNc2nc(-c3ccc(Cl)cc3Cl)cs2)cc1)c1ccc(Cl)cc1Cl. The van der Waals surface area contributed by atoms with Crippen molar-refractivity contribution in [2.45, 2.75) is 0 Å². The average molecular weight is 537 g/mol. The van der Waals surface area contributed by atoms with E-state index >= 15 is 0 Å². The second-order valence-corrected chi connectivity index (χ2v) is 9.16.